The molecule has 1 amide bonds. The van der Waals surface area contributed by atoms with Gasteiger partial charge in [0.1, 0.15) is 11.5 Å². The van der Waals surface area contributed by atoms with Crippen LogP contribution in [0.4, 0.5) is 4.79 Å². The summed E-state index contributed by atoms with van der Waals surface area (Å²) in [5.74, 6) is -0.952. The molecule has 0 aliphatic carbocycles. The van der Waals surface area contributed by atoms with E-state index in [1.54, 1.807) is 28.8 Å². The first kappa shape index (κ1) is 22.1. The summed E-state index contributed by atoms with van der Waals surface area (Å²) in [6.07, 6.45) is -0.689. The Morgan fingerprint density at radius 3 is 2.55 bits per heavy atom. The number of hydrogen-bond donors (Lipinski definition) is 3. The average molecular weight is 444 g/mol. The number of carbonyl (C=O) groups excluding carboxylic acids is 1. The van der Waals surface area contributed by atoms with Crippen molar-refractivity contribution in [1.29, 1.82) is 5.41 Å². The lowest BCUT2D eigenvalue weighted by Crippen LogP contribution is -2.31. The fourth-order valence-electron chi connectivity index (χ4n) is 3.81. The van der Waals surface area contributed by atoms with Gasteiger partial charge in [-0.15, -0.1) is 0 Å². The molecule has 3 aromatic carbocycles. The van der Waals surface area contributed by atoms with Crippen LogP contribution in [-0.2, 0) is 11.3 Å². The minimum Gasteiger partial charge on any atom is -0.477 e. The third-order valence-electron chi connectivity index (χ3n) is 5.40. The Bertz CT molecular complexity index is 1370. The lowest BCUT2D eigenvalue weighted by molar-refractivity contribution is 0.0686. The summed E-state index contributed by atoms with van der Waals surface area (Å²) in [5.41, 5.74) is 2.27. The van der Waals surface area contributed by atoms with E-state index in [4.69, 9.17) is 10.1 Å². The van der Waals surface area contributed by atoms with E-state index in [1.807, 2.05) is 56.3 Å². The standard InChI is InChI=1S/C26H25N3O4/c1-16(2)15-33-26(32)28-24(27)19-11-10-18-12-23(25(30)31)29(22(18)13-19)14-20-8-5-7-17-6-3-4-9-21(17)20/h3-13,16H,14-15H2,1-2H3,(H,30,31)(H2,27,28,32). The van der Waals surface area contributed by atoms with E-state index < -0.39 is 12.1 Å². The van der Waals surface area contributed by atoms with Crippen LogP contribution in [0.5, 0.6) is 0 Å². The lowest BCUT2D eigenvalue weighted by atomic mass is 10.0. The van der Waals surface area contributed by atoms with Crippen molar-refractivity contribution in [1.82, 2.24) is 9.88 Å². The number of rotatable bonds is 6. The van der Waals surface area contributed by atoms with E-state index in [-0.39, 0.29) is 24.1 Å². The number of ether oxygens (including phenoxy) is 1. The zero-order valence-corrected chi connectivity index (χ0v) is 18.5. The molecular weight excluding hydrogens is 418 g/mol. The number of alkyl carbamates (subject to hydrolysis) is 1. The van der Waals surface area contributed by atoms with Crippen molar-refractivity contribution in [2.75, 3.05) is 6.61 Å². The number of nitrogens with one attached hydrogen (secondary N) is 2. The Morgan fingerprint density at radius 2 is 1.79 bits per heavy atom. The normalized spacial score (nSPS) is 11.1. The second kappa shape index (κ2) is 9.16. The van der Waals surface area contributed by atoms with Crippen molar-refractivity contribution in [2.24, 2.45) is 5.92 Å². The Labute approximate surface area is 191 Å². The van der Waals surface area contributed by atoms with Gasteiger partial charge in [-0.2, -0.15) is 0 Å². The monoisotopic (exact) mass is 443 g/mol. The van der Waals surface area contributed by atoms with Crippen LogP contribution in [0.25, 0.3) is 21.7 Å². The van der Waals surface area contributed by atoms with E-state index in [1.165, 1.54) is 0 Å². The van der Waals surface area contributed by atoms with E-state index >= 15 is 0 Å². The molecule has 0 atom stereocenters. The average Bonchev–Trinajstić information content (AvgIpc) is 3.16. The molecule has 1 aromatic heterocycles. The first-order chi connectivity index (χ1) is 15.8. The highest BCUT2D eigenvalue weighted by Crippen LogP contribution is 2.26. The van der Waals surface area contributed by atoms with E-state index in [0.717, 1.165) is 21.7 Å². The molecule has 0 saturated heterocycles. The molecule has 7 heteroatoms. The van der Waals surface area contributed by atoms with Gasteiger partial charge < -0.3 is 14.4 Å². The molecule has 4 rings (SSSR count). The topological polar surface area (TPSA) is 104 Å². The molecule has 0 bridgehead atoms. The van der Waals surface area contributed by atoms with Crippen LogP contribution in [0.15, 0.2) is 66.7 Å². The summed E-state index contributed by atoms with van der Waals surface area (Å²) in [6, 6.07) is 20.7. The molecule has 4 aromatic rings. The highest BCUT2D eigenvalue weighted by atomic mass is 16.5. The van der Waals surface area contributed by atoms with Crippen molar-refractivity contribution in [3.63, 3.8) is 0 Å². The number of carbonyl (C=O) groups is 2. The molecule has 0 saturated carbocycles. The van der Waals surface area contributed by atoms with Gasteiger partial charge in [-0.3, -0.25) is 10.7 Å². The Hall–Kier alpha value is -4.13. The first-order valence-corrected chi connectivity index (χ1v) is 10.7. The zero-order valence-electron chi connectivity index (χ0n) is 18.5. The smallest absolute Gasteiger partial charge is 0.412 e. The van der Waals surface area contributed by atoms with Gasteiger partial charge in [-0.25, -0.2) is 9.59 Å². The number of carboxylic acid groups (broad SMARTS) is 1. The summed E-state index contributed by atoms with van der Waals surface area (Å²) >= 11 is 0. The third-order valence-corrected chi connectivity index (χ3v) is 5.40. The number of nitrogens with zero attached hydrogens (tertiary/aromatic N) is 1. The number of carboxylic acids is 1. The predicted octanol–water partition coefficient (Wildman–Crippen LogP) is 5.25. The molecule has 0 spiro atoms. The maximum Gasteiger partial charge on any atom is 0.412 e. The van der Waals surface area contributed by atoms with E-state index in [2.05, 4.69) is 5.32 Å². The van der Waals surface area contributed by atoms with Crippen LogP contribution in [0, 0.1) is 11.3 Å². The van der Waals surface area contributed by atoms with Gasteiger partial charge in [-0.05, 0) is 34.4 Å². The maximum atomic E-state index is 12.0. The van der Waals surface area contributed by atoms with Gasteiger partial charge in [0, 0.05) is 23.0 Å². The summed E-state index contributed by atoms with van der Waals surface area (Å²) in [7, 11) is 0. The van der Waals surface area contributed by atoms with Crippen LogP contribution in [0.1, 0.15) is 35.5 Å². The van der Waals surface area contributed by atoms with Crippen molar-refractivity contribution in [3.8, 4) is 0 Å². The summed E-state index contributed by atoms with van der Waals surface area (Å²) in [6.45, 7) is 4.47. The SMILES string of the molecule is CC(C)COC(=O)NC(=N)c1ccc2cc(C(=O)O)n(Cc3cccc4ccccc34)c2c1. The molecule has 7 nitrogen and oxygen atoms in total. The third kappa shape index (κ3) is 4.72. The molecule has 33 heavy (non-hydrogen) atoms. The number of amides is 1. The highest BCUT2D eigenvalue weighted by molar-refractivity contribution is 6.07. The van der Waals surface area contributed by atoms with Gasteiger partial charge in [-0.1, -0.05) is 68.4 Å². The van der Waals surface area contributed by atoms with Crippen molar-refractivity contribution in [3.05, 3.63) is 83.6 Å². The second-order valence-electron chi connectivity index (χ2n) is 8.33. The number of aromatic nitrogens is 1. The molecule has 168 valence electrons. The van der Waals surface area contributed by atoms with Crippen LogP contribution >= 0.6 is 0 Å². The van der Waals surface area contributed by atoms with Gasteiger partial charge in [0.15, 0.2) is 0 Å². The number of benzene rings is 3. The van der Waals surface area contributed by atoms with Gasteiger partial charge >= 0.3 is 12.1 Å². The fraction of sp³-hybridized carbons (Fsp3) is 0.192. The van der Waals surface area contributed by atoms with Gasteiger partial charge in [0.25, 0.3) is 0 Å². The number of aromatic carboxylic acids is 1. The Balaban J connectivity index is 1.71. The molecule has 0 aliphatic heterocycles. The van der Waals surface area contributed by atoms with Crippen molar-refractivity contribution < 1.29 is 19.4 Å². The molecular formula is C26H25N3O4. The van der Waals surface area contributed by atoms with E-state index in [9.17, 15) is 14.7 Å². The summed E-state index contributed by atoms with van der Waals surface area (Å²) in [4.78, 5) is 24.0. The van der Waals surface area contributed by atoms with Gasteiger partial charge in [0.05, 0.1) is 6.61 Å². The minimum absolute atomic E-state index is 0.111. The zero-order chi connectivity index (χ0) is 23.5. The first-order valence-electron chi connectivity index (χ1n) is 10.7. The summed E-state index contributed by atoms with van der Waals surface area (Å²) < 4.78 is 6.82. The molecule has 0 fully saturated rings. The van der Waals surface area contributed by atoms with Crippen LogP contribution < -0.4 is 5.32 Å². The fourth-order valence-corrected chi connectivity index (χ4v) is 3.81. The minimum atomic E-state index is -1.03. The number of hydrogen-bond acceptors (Lipinski definition) is 4. The largest absolute Gasteiger partial charge is 0.477 e. The quantitative estimate of drug-likeness (QED) is 0.280. The molecule has 0 aliphatic rings. The maximum absolute atomic E-state index is 12.0. The van der Waals surface area contributed by atoms with Crippen molar-refractivity contribution >= 4 is 39.6 Å². The molecule has 0 unspecified atom stereocenters. The number of fused-ring (bicyclic) bond motifs is 2. The van der Waals surface area contributed by atoms with Crippen LogP contribution in [0.2, 0.25) is 0 Å². The molecule has 0 radical (unpaired) electrons. The summed E-state index contributed by atoms with van der Waals surface area (Å²) in [5, 5.41) is 23.4. The van der Waals surface area contributed by atoms with Crippen LogP contribution in [-0.4, -0.2) is 34.2 Å². The Morgan fingerprint density at radius 1 is 1.03 bits per heavy atom. The Kier molecular flexibility index (Phi) is 6.13. The second-order valence-corrected chi connectivity index (χ2v) is 8.33. The van der Waals surface area contributed by atoms with Crippen LogP contribution in [0.3, 0.4) is 0 Å². The number of amidine groups is 1. The molecule has 1 heterocycles. The molecule has 3 N–H and O–H groups in total. The van der Waals surface area contributed by atoms with Crippen molar-refractivity contribution in [2.45, 2.75) is 20.4 Å². The van der Waals surface area contributed by atoms with Gasteiger partial charge in [0.2, 0.25) is 0 Å². The van der Waals surface area contributed by atoms with E-state index in [0.29, 0.717) is 17.6 Å². The lowest BCUT2D eigenvalue weighted by Gasteiger charge is -2.13. The highest BCUT2D eigenvalue weighted by Gasteiger charge is 2.17. The predicted molar refractivity (Wildman–Crippen MR) is 128 cm³/mol.